The number of amidine groups is 1. The lowest BCUT2D eigenvalue weighted by molar-refractivity contribution is 1.45. The molecular formula is C43H28N2S. The molecule has 1 aromatic heterocycles. The third-order valence-corrected chi connectivity index (χ3v) is 10.2. The molecule has 0 unspecified atom stereocenters. The standard InChI is InChI=1S/C43H28N2S/c1-27(28-11-3-2-4-12-28)44-43(45-38-20-8-14-29-13-5-6-17-33(29)38)32-16-7-15-30(25-32)31-23-24-34-35-18-9-21-39-41(35)42-36(37(34)26-31)19-10-22-40(42)46-39/h2-26H,1H3. The zero-order valence-electron chi connectivity index (χ0n) is 25.2. The summed E-state index contributed by atoms with van der Waals surface area (Å²) in [6, 6.07) is 54.0. The Morgan fingerprint density at radius 2 is 1.11 bits per heavy atom. The maximum Gasteiger partial charge on any atom is 0.160 e. The molecule has 0 atom stereocenters. The molecule has 0 aliphatic rings. The fraction of sp³-hybridized carbons (Fsp3) is 0.0233. The smallest absolute Gasteiger partial charge is 0.160 e. The quantitative estimate of drug-likeness (QED) is 0.108. The van der Waals surface area contributed by atoms with Gasteiger partial charge in [0.05, 0.1) is 5.69 Å². The van der Waals surface area contributed by atoms with Crippen LogP contribution in [0.1, 0.15) is 18.1 Å². The second-order valence-electron chi connectivity index (χ2n) is 11.8. The van der Waals surface area contributed by atoms with Crippen LogP contribution in [0.3, 0.4) is 0 Å². The van der Waals surface area contributed by atoms with Crippen LogP contribution in [0.4, 0.5) is 5.69 Å². The largest absolute Gasteiger partial charge is 0.233 e. The van der Waals surface area contributed by atoms with Gasteiger partial charge in [-0.1, -0.05) is 121 Å². The van der Waals surface area contributed by atoms with Crippen LogP contribution < -0.4 is 0 Å². The van der Waals surface area contributed by atoms with Crippen LogP contribution >= 0.6 is 11.3 Å². The normalized spacial score (nSPS) is 12.7. The molecule has 0 saturated heterocycles. The molecule has 216 valence electrons. The number of nitrogens with zero attached hydrogens (tertiary/aromatic N) is 2. The van der Waals surface area contributed by atoms with Gasteiger partial charge < -0.3 is 0 Å². The van der Waals surface area contributed by atoms with Crippen LogP contribution in [0, 0.1) is 0 Å². The fourth-order valence-corrected chi connectivity index (χ4v) is 7.97. The van der Waals surface area contributed by atoms with Gasteiger partial charge in [-0.2, -0.15) is 0 Å². The van der Waals surface area contributed by atoms with Crippen LogP contribution in [0.25, 0.3) is 63.6 Å². The molecular weight excluding hydrogens is 577 g/mol. The zero-order chi connectivity index (χ0) is 30.6. The Morgan fingerprint density at radius 3 is 1.93 bits per heavy atom. The Morgan fingerprint density at radius 1 is 0.478 bits per heavy atom. The summed E-state index contributed by atoms with van der Waals surface area (Å²) in [5.41, 5.74) is 6.21. The van der Waals surface area contributed by atoms with Gasteiger partial charge >= 0.3 is 0 Å². The molecule has 0 N–H and O–H groups in total. The minimum absolute atomic E-state index is 0.692. The van der Waals surface area contributed by atoms with E-state index in [-0.39, 0.29) is 0 Å². The first-order valence-electron chi connectivity index (χ1n) is 15.6. The molecule has 1 heterocycles. The summed E-state index contributed by atoms with van der Waals surface area (Å²) in [7, 11) is 0. The van der Waals surface area contributed by atoms with E-state index in [0.717, 1.165) is 38.9 Å². The van der Waals surface area contributed by atoms with Crippen molar-refractivity contribution in [2.75, 3.05) is 0 Å². The van der Waals surface area contributed by atoms with Crippen LogP contribution in [0.5, 0.6) is 0 Å². The Hall–Kier alpha value is -5.64. The van der Waals surface area contributed by atoms with Gasteiger partial charge in [-0.3, -0.25) is 0 Å². The lowest BCUT2D eigenvalue weighted by Gasteiger charge is -2.12. The molecule has 0 radical (unpaired) electrons. The number of rotatable bonds is 4. The minimum Gasteiger partial charge on any atom is -0.233 e. The molecule has 2 nitrogen and oxygen atoms in total. The van der Waals surface area contributed by atoms with E-state index in [0.29, 0.717) is 5.84 Å². The molecule has 46 heavy (non-hydrogen) atoms. The average molecular weight is 605 g/mol. The lowest BCUT2D eigenvalue weighted by Crippen LogP contribution is -2.04. The number of hydrogen-bond donors (Lipinski definition) is 0. The molecule has 0 aliphatic heterocycles. The number of thiophene rings is 1. The van der Waals surface area contributed by atoms with E-state index < -0.39 is 0 Å². The van der Waals surface area contributed by atoms with E-state index in [1.807, 2.05) is 29.5 Å². The Bertz CT molecular complexity index is 2640. The molecule has 0 fully saturated rings. The molecule has 0 amide bonds. The first kappa shape index (κ1) is 26.7. The van der Waals surface area contributed by atoms with Crippen molar-refractivity contribution >= 4 is 81.1 Å². The highest BCUT2D eigenvalue weighted by molar-refractivity contribution is 7.26. The monoisotopic (exact) mass is 604 g/mol. The first-order valence-corrected chi connectivity index (χ1v) is 16.4. The van der Waals surface area contributed by atoms with Crippen molar-refractivity contribution in [3.63, 3.8) is 0 Å². The van der Waals surface area contributed by atoms with Crippen molar-refractivity contribution < 1.29 is 0 Å². The van der Waals surface area contributed by atoms with E-state index in [1.165, 1.54) is 47.3 Å². The van der Waals surface area contributed by atoms with Crippen molar-refractivity contribution in [3.8, 4) is 11.1 Å². The summed E-state index contributed by atoms with van der Waals surface area (Å²) >= 11 is 1.89. The van der Waals surface area contributed by atoms with Crippen molar-refractivity contribution in [3.05, 3.63) is 163 Å². The van der Waals surface area contributed by atoms with Gasteiger partial charge in [0.15, 0.2) is 5.84 Å². The molecule has 9 rings (SSSR count). The fourth-order valence-electron chi connectivity index (χ4n) is 6.81. The van der Waals surface area contributed by atoms with E-state index in [4.69, 9.17) is 9.98 Å². The van der Waals surface area contributed by atoms with E-state index in [2.05, 4.69) is 140 Å². The molecule has 3 heteroatoms. The summed E-state index contributed by atoms with van der Waals surface area (Å²) in [6.45, 7) is 2.06. The summed E-state index contributed by atoms with van der Waals surface area (Å²) in [4.78, 5) is 10.4. The Labute approximate surface area is 271 Å². The summed E-state index contributed by atoms with van der Waals surface area (Å²) in [6.07, 6.45) is 0. The van der Waals surface area contributed by atoms with Crippen molar-refractivity contribution in [1.82, 2.24) is 0 Å². The molecule has 0 saturated carbocycles. The second-order valence-corrected chi connectivity index (χ2v) is 12.9. The third-order valence-electron chi connectivity index (χ3n) is 9.03. The average Bonchev–Trinajstić information content (AvgIpc) is 3.51. The van der Waals surface area contributed by atoms with Gasteiger partial charge in [0.2, 0.25) is 0 Å². The van der Waals surface area contributed by atoms with Gasteiger partial charge in [-0.25, -0.2) is 9.98 Å². The van der Waals surface area contributed by atoms with E-state index in [1.54, 1.807) is 0 Å². The van der Waals surface area contributed by atoms with Gasteiger partial charge in [0.25, 0.3) is 0 Å². The van der Waals surface area contributed by atoms with Crippen molar-refractivity contribution in [2.24, 2.45) is 9.98 Å². The molecule has 0 spiro atoms. The molecule has 8 aromatic carbocycles. The van der Waals surface area contributed by atoms with Crippen molar-refractivity contribution in [1.29, 1.82) is 0 Å². The van der Waals surface area contributed by atoms with Crippen LogP contribution in [-0.4, -0.2) is 11.5 Å². The second kappa shape index (κ2) is 10.8. The predicted molar refractivity (Wildman–Crippen MR) is 200 cm³/mol. The molecule has 0 aliphatic carbocycles. The SMILES string of the molecule is CC(=NC(=Nc1cccc2ccccc12)c1cccc(-c2ccc3c(c2)c2cccc4sc5cccc3c5c42)c1)c1ccccc1. The highest BCUT2D eigenvalue weighted by Crippen LogP contribution is 2.45. The number of aliphatic imine (C=N–C) groups is 2. The number of hydrogen-bond acceptors (Lipinski definition) is 2. The Balaban J connectivity index is 1.23. The molecule has 0 bridgehead atoms. The van der Waals surface area contributed by atoms with Gasteiger partial charge in [-0.05, 0) is 80.9 Å². The van der Waals surface area contributed by atoms with Crippen LogP contribution in [0.2, 0.25) is 0 Å². The highest BCUT2D eigenvalue weighted by atomic mass is 32.1. The van der Waals surface area contributed by atoms with Gasteiger partial charge in [0, 0.05) is 36.8 Å². The van der Waals surface area contributed by atoms with Crippen LogP contribution in [0.15, 0.2) is 162 Å². The highest BCUT2D eigenvalue weighted by Gasteiger charge is 2.16. The van der Waals surface area contributed by atoms with Crippen molar-refractivity contribution in [2.45, 2.75) is 6.92 Å². The van der Waals surface area contributed by atoms with E-state index >= 15 is 0 Å². The third kappa shape index (κ3) is 4.40. The first-order chi connectivity index (χ1) is 22.7. The topological polar surface area (TPSA) is 24.7 Å². The predicted octanol–water partition coefficient (Wildman–Crippen LogP) is 12.2. The number of benzene rings is 8. The summed E-state index contributed by atoms with van der Waals surface area (Å²) < 4.78 is 2.70. The summed E-state index contributed by atoms with van der Waals surface area (Å²) in [5, 5.41) is 10.3. The number of fused-ring (bicyclic) bond motifs is 4. The lowest BCUT2D eigenvalue weighted by atomic mass is 9.92. The maximum atomic E-state index is 5.22. The van der Waals surface area contributed by atoms with E-state index in [9.17, 15) is 0 Å². The van der Waals surface area contributed by atoms with Crippen LogP contribution in [-0.2, 0) is 0 Å². The zero-order valence-corrected chi connectivity index (χ0v) is 26.1. The Kier molecular flexibility index (Phi) is 6.25. The maximum absolute atomic E-state index is 5.22. The minimum atomic E-state index is 0.692. The van der Waals surface area contributed by atoms with Gasteiger partial charge in [-0.15, -0.1) is 11.3 Å². The van der Waals surface area contributed by atoms with Gasteiger partial charge in [0.1, 0.15) is 0 Å². The summed E-state index contributed by atoms with van der Waals surface area (Å²) in [5.74, 6) is 0.692. The molecule has 9 aromatic rings.